The van der Waals surface area contributed by atoms with E-state index in [0.29, 0.717) is 16.5 Å². The summed E-state index contributed by atoms with van der Waals surface area (Å²) in [7, 11) is 3.17. The van der Waals surface area contributed by atoms with Gasteiger partial charge in [0, 0.05) is 24.3 Å². The fourth-order valence-corrected chi connectivity index (χ4v) is 2.28. The molecule has 1 aromatic carbocycles. The number of carbonyl (C=O) groups excluding carboxylic acids is 1. The van der Waals surface area contributed by atoms with Gasteiger partial charge in [0.2, 0.25) is 5.91 Å². The standard InChI is InChI=1S/C14H17NO3S.C6H15N3.C2H6/c1-9(7-14(16)15-10(2)19)12-6-5-11(17-3)8-13(12)18-4;1-2-3-4-5-9-6(7)8;1-2/h5-8H,1-4H3,(H,15,16,19);2-5H2,1H3,(H4,7,8,9);1-2H3/b9-7+;;. The van der Waals surface area contributed by atoms with E-state index in [1.807, 2.05) is 32.9 Å². The molecule has 0 saturated carbocycles. The molecule has 0 atom stereocenters. The number of hydrogen-bond donors (Lipinski definition) is 3. The number of nitrogens with one attached hydrogen (secondary N) is 1. The number of allylic oxidation sites excluding steroid dienone is 1. The van der Waals surface area contributed by atoms with Gasteiger partial charge in [0.1, 0.15) is 11.5 Å². The topological polar surface area (TPSA) is 112 Å². The SMILES string of the molecule is CC.CCCCCN=C(N)N.COc1ccc(/C(C)=C/C(=O)NC(C)=S)c(OC)c1. The minimum atomic E-state index is -0.247. The van der Waals surface area contributed by atoms with Crippen LogP contribution in [0.15, 0.2) is 29.3 Å². The second-order valence-electron chi connectivity index (χ2n) is 5.95. The molecule has 0 aromatic heterocycles. The number of amides is 1. The molecule has 0 radical (unpaired) electrons. The lowest BCUT2D eigenvalue weighted by Gasteiger charge is -2.10. The predicted octanol–water partition coefficient (Wildman–Crippen LogP) is 4.05. The molecule has 8 heteroatoms. The number of ether oxygens (including phenoxy) is 2. The molecule has 0 spiro atoms. The van der Waals surface area contributed by atoms with Crippen LogP contribution in [0.25, 0.3) is 5.57 Å². The van der Waals surface area contributed by atoms with Crippen molar-refractivity contribution in [3.63, 3.8) is 0 Å². The Kier molecular flexibility index (Phi) is 18.2. The zero-order valence-electron chi connectivity index (χ0n) is 19.4. The fraction of sp³-hybridized carbons (Fsp3) is 0.500. The summed E-state index contributed by atoms with van der Waals surface area (Å²) in [5.74, 6) is 1.31. The number of thiocarbonyl (C=S) groups is 1. The lowest BCUT2D eigenvalue weighted by Crippen LogP contribution is -2.24. The number of rotatable bonds is 8. The van der Waals surface area contributed by atoms with Crippen molar-refractivity contribution in [2.75, 3.05) is 20.8 Å². The summed E-state index contributed by atoms with van der Waals surface area (Å²) in [6, 6.07) is 5.44. The van der Waals surface area contributed by atoms with Crippen LogP contribution in [0.4, 0.5) is 0 Å². The summed E-state index contributed by atoms with van der Waals surface area (Å²) in [6.07, 6.45) is 4.99. The highest BCUT2D eigenvalue weighted by Crippen LogP contribution is 2.29. The summed E-state index contributed by atoms with van der Waals surface area (Å²) < 4.78 is 10.4. The van der Waals surface area contributed by atoms with Crippen molar-refractivity contribution >= 4 is 34.6 Å². The first-order valence-corrected chi connectivity index (χ1v) is 10.4. The van der Waals surface area contributed by atoms with E-state index in [9.17, 15) is 4.79 Å². The number of benzene rings is 1. The molecular weight excluding hydrogens is 400 g/mol. The number of guanidine groups is 1. The summed E-state index contributed by atoms with van der Waals surface area (Å²) in [6.45, 7) is 10.4. The van der Waals surface area contributed by atoms with Gasteiger partial charge in [-0.05, 0) is 38.0 Å². The normalized spacial score (nSPS) is 9.77. The number of unbranched alkanes of at least 4 members (excludes halogenated alkanes) is 2. The molecule has 1 amide bonds. The average Bonchev–Trinajstić information content (AvgIpc) is 2.71. The van der Waals surface area contributed by atoms with Crippen molar-refractivity contribution in [1.82, 2.24) is 5.32 Å². The van der Waals surface area contributed by atoms with Gasteiger partial charge in [-0.15, -0.1) is 0 Å². The highest BCUT2D eigenvalue weighted by Gasteiger charge is 2.08. The zero-order valence-corrected chi connectivity index (χ0v) is 20.2. The molecule has 0 heterocycles. The third-order valence-electron chi connectivity index (χ3n) is 3.54. The van der Waals surface area contributed by atoms with E-state index >= 15 is 0 Å². The second-order valence-corrected chi connectivity index (χ2v) is 6.57. The van der Waals surface area contributed by atoms with Gasteiger partial charge in [0.15, 0.2) is 5.96 Å². The molecule has 0 fully saturated rings. The quantitative estimate of drug-likeness (QED) is 0.186. The molecule has 5 N–H and O–H groups in total. The molecule has 170 valence electrons. The minimum Gasteiger partial charge on any atom is -0.497 e. The first kappa shape index (κ1) is 29.6. The van der Waals surface area contributed by atoms with E-state index in [0.717, 1.165) is 24.1 Å². The van der Waals surface area contributed by atoms with Crippen molar-refractivity contribution in [3.05, 3.63) is 29.8 Å². The lowest BCUT2D eigenvalue weighted by atomic mass is 10.1. The lowest BCUT2D eigenvalue weighted by molar-refractivity contribution is -0.115. The number of nitrogens with zero attached hydrogens (tertiary/aromatic N) is 1. The van der Waals surface area contributed by atoms with Crippen LogP contribution >= 0.6 is 12.2 Å². The summed E-state index contributed by atoms with van der Waals surface area (Å²) in [4.78, 5) is 15.9. The number of carbonyl (C=O) groups is 1. The molecule has 0 bridgehead atoms. The maximum atomic E-state index is 11.6. The van der Waals surface area contributed by atoms with Crippen LogP contribution in [-0.4, -0.2) is 37.6 Å². The molecule has 7 nitrogen and oxygen atoms in total. The van der Waals surface area contributed by atoms with Gasteiger partial charge in [-0.25, -0.2) is 0 Å². The molecule has 0 aliphatic heterocycles. The van der Waals surface area contributed by atoms with Crippen molar-refractivity contribution in [1.29, 1.82) is 0 Å². The highest BCUT2D eigenvalue weighted by molar-refractivity contribution is 7.80. The maximum absolute atomic E-state index is 11.6. The maximum Gasteiger partial charge on any atom is 0.249 e. The third-order valence-corrected chi connectivity index (χ3v) is 3.64. The van der Waals surface area contributed by atoms with Gasteiger partial charge in [0.05, 0.1) is 19.2 Å². The first-order valence-electron chi connectivity index (χ1n) is 10.0. The fourth-order valence-electron chi connectivity index (χ4n) is 2.18. The molecule has 0 unspecified atom stereocenters. The van der Waals surface area contributed by atoms with Crippen LogP contribution in [0.3, 0.4) is 0 Å². The van der Waals surface area contributed by atoms with E-state index < -0.39 is 0 Å². The van der Waals surface area contributed by atoms with Crippen LogP contribution < -0.4 is 26.3 Å². The second kappa shape index (κ2) is 18.4. The third kappa shape index (κ3) is 14.4. The number of nitrogens with two attached hydrogens (primary N) is 2. The Morgan fingerprint density at radius 2 is 1.80 bits per heavy atom. The number of hydrogen-bond acceptors (Lipinski definition) is 5. The molecule has 30 heavy (non-hydrogen) atoms. The van der Waals surface area contributed by atoms with Crippen molar-refractivity contribution in [2.24, 2.45) is 16.5 Å². The highest BCUT2D eigenvalue weighted by atomic mass is 32.1. The molecular formula is C22H38N4O3S. The predicted molar refractivity (Wildman–Crippen MR) is 131 cm³/mol. The van der Waals surface area contributed by atoms with E-state index in [1.54, 1.807) is 27.2 Å². The van der Waals surface area contributed by atoms with Crippen LogP contribution in [0.2, 0.25) is 0 Å². The Hall–Kier alpha value is -2.61. The van der Waals surface area contributed by atoms with Crippen molar-refractivity contribution in [2.45, 2.75) is 53.9 Å². The van der Waals surface area contributed by atoms with E-state index in [4.69, 9.17) is 33.2 Å². The van der Waals surface area contributed by atoms with Gasteiger partial charge >= 0.3 is 0 Å². The smallest absolute Gasteiger partial charge is 0.249 e. The van der Waals surface area contributed by atoms with Gasteiger partial charge in [-0.3, -0.25) is 9.79 Å². The molecule has 0 saturated heterocycles. The van der Waals surface area contributed by atoms with E-state index in [2.05, 4.69) is 17.2 Å². The van der Waals surface area contributed by atoms with Gasteiger partial charge in [0.25, 0.3) is 0 Å². The Morgan fingerprint density at radius 3 is 2.27 bits per heavy atom. The largest absolute Gasteiger partial charge is 0.497 e. The van der Waals surface area contributed by atoms with Crippen LogP contribution in [0.5, 0.6) is 11.5 Å². The van der Waals surface area contributed by atoms with Crippen LogP contribution in [0, 0.1) is 0 Å². The Balaban J connectivity index is 0. The average molecular weight is 439 g/mol. The Labute approximate surface area is 186 Å². The van der Waals surface area contributed by atoms with Crippen molar-refractivity contribution < 1.29 is 14.3 Å². The van der Waals surface area contributed by atoms with Crippen LogP contribution in [-0.2, 0) is 4.79 Å². The molecule has 1 rings (SSSR count). The molecule has 0 aliphatic carbocycles. The zero-order chi connectivity index (χ0) is 23.5. The van der Waals surface area contributed by atoms with Gasteiger partial charge < -0.3 is 26.3 Å². The molecule has 0 aliphatic rings. The van der Waals surface area contributed by atoms with Gasteiger partial charge in [-0.2, -0.15) is 0 Å². The summed E-state index contributed by atoms with van der Waals surface area (Å²) in [5, 5.41) is 2.55. The number of aliphatic imine (C=N–C) groups is 1. The summed E-state index contributed by atoms with van der Waals surface area (Å²) in [5.41, 5.74) is 11.8. The number of methoxy groups -OCH3 is 2. The Morgan fingerprint density at radius 1 is 1.17 bits per heavy atom. The van der Waals surface area contributed by atoms with Crippen molar-refractivity contribution in [3.8, 4) is 11.5 Å². The monoisotopic (exact) mass is 438 g/mol. The minimum absolute atomic E-state index is 0.200. The summed E-state index contributed by atoms with van der Waals surface area (Å²) >= 11 is 4.82. The van der Waals surface area contributed by atoms with E-state index in [-0.39, 0.29) is 11.9 Å². The van der Waals surface area contributed by atoms with Gasteiger partial charge in [-0.1, -0.05) is 45.8 Å². The van der Waals surface area contributed by atoms with E-state index in [1.165, 1.54) is 18.9 Å². The first-order chi connectivity index (χ1) is 14.2. The molecule has 1 aromatic rings. The van der Waals surface area contributed by atoms with Crippen LogP contribution in [0.1, 0.15) is 59.4 Å². The Bertz CT molecular complexity index is 700.